The summed E-state index contributed by atoms with van der Waals surface area (Å²) in [5, 5.41) is 0. The van der Waals surface area contributed by atoms with E-state index in [0.717, 1.165) is 0 Å². The highest BCUT2D eigenvalue weighted by molar-refractivity contribution is 7.89. The van der Waals surface area contributed by atoms with Crippen LogP contribution in [0.5, 0.6) is 0 Å². The maximum atomic E-state index is 11.9. The minimum absolute atomic E-state index is 0. The molecule has 0 aliphatic heterocycles. The second kappa shape index (κ2) is 5.44. The van der Waals surface area contributed by atoms with Crippen LogP contribution in [0.25, 0.3) is 11.0 Å². The third-order valence-corrected chi connectivity index (χ3v) is 4.47. The molecule has 100 valence electrons. The molecule has 0 radical (unpaired) electrons. The van der Waals surface area contributed by atoms with Crippen molar-refractivity contribution in [3.05, 3.63) is 24.0 Å². The second-order valence-corrected chi connectivity index (χ2v) is 6.20. The summed E-state index contributed by atoms with van der Waals surface area (Å²) in [6.45, 7) is 0. The number of aromatic amines is 1. The molecule has 0 aliphatic rings. The number of hydrogen-bond donors (Lipinski definition) is 1. The van der Waals surface area contributed by atoms with Gasteiger partial charge in [0.25, 0.3) is 0 Å². The van der Waals surface area contributed by atoms with E-state index in [1.807, 2.05) is 0 Å². The maximum absolute atomic E-state index is 11.9. The zero-order valence-electron chi connectivity index (χ0n) is 9.84. The molecule has 8 heteroatoms. The predicted octanol–water partition coefficient (Wildman–Crippen LogP) is 1.97. The van der Waals surface area contributed by atoms with E-state index in [-0.39, 0.29) is 23.2 Å². The molecule has 0 amide bonds. The summed E-state index contributed by atoms with van der Waals surface area (Å²) in [4.78, 5) is 7.41. The van der Waals surface area contributed by atoms with Crippen molar-refractivity contribution in [1.29, 1.82) is 0 Å². The Morgan fingerprint density at radius 1 is 1.39 bits per heavy atom. The first-order valence-electron chi connectivity index (χ1n) is 4.92. The van der Waals surface area contributed by atoms with Crippen LogP contribution in [0.15, 0.2) is 23.1 Å². The topological polar surface area (TPSA) is 66.1 Å². The summed E-state index contributed by atoms with van der Waals surface area (Å²) < 4.78 is 25.0. The van der Waals surface area contributed by atoms with Crippen molar-refractivity contribution in [2.75, 3.05) is 14.1 Å². The van der Waals surface area contributed by atoms with Gasteiger partial charge < -0.3 is 4.98 Å². The third kappa shape index (κ3) is 2.61. The Morgan fingerprint density at radius 2 is 2.06 bits per heavy atom. The summed E-state index contributed by atoms with van der Waals surface area (Å²) in [7, 11) is -0.420. The zero-order chi connectivity index (χ0) is 12.6. The van der Waals surface area contributed by atoms with Crippen molar-refractivity contribution in [2.45, 2.75) is 10.8 Å². The van der Waals surface area contributed by atoms with Gasteiger partial charge in [0.15, 0.2) is 0 Å². The van der Waals surface area contributed by atoms with Gasteiger partial charge in [-0.05, 0) is 18.2 Å². The van der Waals surface area contributed by atoms with Crippen molar-refractivity contribution >= 4 is 45.1 Å². The zero-order valence-corrected chi connectivity index (χ0v) is 12.2. The molecule has 1 N–H and O–H groups in total. The van der Waals surface area contributed by atoms with Gasteiger partial charge in [0, 0.05) is 14.1 Å². The fraction of sp³-hybridized carbons (Fsp3) is 0.300. The molecule has 18 heavy (non-hydrogen) atoms. The van der Waals surface area contributed by atoms with Gasteiger partial charge in [0.1, 0.15) is 5.82 Å². The first-order valence-corrected chi connectivity index (χ1v) is 6.90. The van der Waals surface area contributed by atoms with E-state index in [4.69, 9.17) is 11.6 Å². The molecule has 0 unspecified atom stereocenters. The van der Waals surface area contributed by atoms with Gasteiger partial charge in [0.05, 0.1) is 21.8 Å². The summed E-state index contributed by atoms with van der Waals surface area (Å²) in [5.74, 6) is 0.894. The lowest BCUT2D eigenvalue weighted by molar-refractivity contribution is 0.521. The number of sulfonamides is 1. The van der Waals surface area contributed by atoms with Gasteiger partial charge in [0.2, 0.25) is 10.0 Å². The van der Waals surface area contributed by atoms with Crippen molar-refractivity contribution in [3.8, 4) is 0 Å². The number of alkyl halides is 1. The monoisotopic (exact) mass is 309 g/mol. The van der Waals surface area contributed by atoms with Crippen molar-refractivity contribution in [3.63, 3.8) is 0 Å². The second-order valence-electron chi connectivity index (χ2n) is 3.78. The molecule has 1 aromatic carbocycles. The first-order chi connectivity index (χ1) is 7.95. The van der Waals surface area contributed by atoms with Crippen LogP contribution in [-0.2, 0) is 15.9 Å². The van der Waals surface area contributed by atoms with Gasteiger partial charge in [-0.15, -0.1) is 24.0 Å². The van der Waals surface area contributed by atoms with Crippen molar-refractivity contribution < 1.29 is 8.42 Å². The standard InChI is InChI=1S/C10H12ClN3O2S.ClH/c1-14(2)17(15,16)7-3-4-8-9(5-7)13-10(6-11)12-8;/h3-5H,6H2,1-2H3,(H,12,13);1H. The van der Waals surface area contributed by atoms with Crippen molar-refractivity contribution in [2.24, 2.45) is 0 Å². The summed E-state index contributed by atoms with van der Waals surface area (Å²) in [6, 6.07) is 4.77. The lowest BCUT2D eigenvalue weighted by atomic mass is 10.3. The summed E-state index contributed by atoms with van der Waals surface area (Å²) in [6.07, 6.45) is 0. The van der Waals surface area contributed by atoms with E-state index in [9.17, 15) is 8.42 Å². The number of fused-ring (bicyclic) bond motifs is 1. The van der Waals surface area contributed by atoms with Crippen LogP contribution in [0.2, 0.25) is 0 Å². The van der Waals surface area contributed by atoms with Crippen LogP contribution in [0.1, 0.15) is 5.82 Å². The Bertz CT molecular complexity index is 652. The maximum Gasteiger partial charge on any atom is 0.242 e. The Labute approximate surface area is 117 Å². The molecule has 2 rings (SSSR count). The van der Waals surface area contributed by atoms with Crippen molar-refractivity contribution in [1.82, 2.24) is 14.3 Å². The van der Waals surface area contributed by atoms with Gasteiger partial charge in [-0.3, -0.25) is 0 Å². The molecule has 0 aliphatic carbocycles. The fourth-order valence-corrected chi connectivity index (χ4v) is 2.53. The fourth-order valence-electron chi connectivity index (χ4n) is 1.48. The molecule has 0 saturated carbocycles. The van der Waals surface area contributed by atoms with Gasteiger partial charge >= 0.3 is 0 Å². The number of nitrogens with zero attached hydrogens (tertiary/aromatic N) is 2. The Balaban J connectivity index is 0.00000162. The number of rotatable bonds is 3. The van der Waals surface area contributed by atoms with Crippen LogP contribution in [-0.4, -0.2) is 36.8 Å². The molecule has 0 saturated heterocycles. The number of nitrogens with one attached hydrogen (secondary N) is 1. The smallest absolute Gasteiger partial charge is 0.242 e. The molecule has 1 heterocycles. The number of halogens is 2. The van der Waals surface area contributed by atoms with Gasteiger partial charge in [-0.2, -0.15) is 0 Å². The van der Waals surface area contributed by atoms with Gasteiger partial charge in [-0.25, -0.2) is 17.7 Å². The molecule has 2 aromatic rings. The van der Waals surface area contributed by atoms with Gasteiger partial charge in [-0.1, -0.05) is 0 Å². The van der Waals surface area contributed by atoms with E-state index in [1.165, 1.54) is 24.5 Å². The summed E-state index contributed by atoms with van der Waals surface area (Å²) >= 11 is 5.66. The molecular formula is C10H13Cl2N3O2S. The van der Waals surface area contributed by atoms with E-state index < -0.39 is 10.0 Å². The lowest BCUT2D eigenvalue weighted by Gasteiger charge is -2.10. The molecular weight excluding hydrogens is 297 g/mol. The minimum atomic E-state index is -3.41. The normalized spacial score (nSPS) is 11.8. The number of H-pyrrole nitrogens is 1. The van der Waals surface area contributed by atoms with Crippen LogP contribution >= 0.6 is 24.0 Å². The SMILES string of the molecule is CN(C)S(=O)(=O)c1ccc2nc(CCl)[nH]c2c1.Cl. The van der Waals surface area contributed by atoms with E-state index >= 15 is 0 Å². The molecule has 0 fully saturated rings. The van der Waals surface area contributed by atoms with Crippen LogP contribution in [0, 0.1) is 0 Å². The first kappa shape index (κ1) is 15.2. The molecule has 0 bridgehead atoms. The highest BCUT2D eigenvalue weighted by Crippen LogP contribution is 2.19. The molecule has 1 aromatic heterocycles. The third-order valence-electron chi connectivity index (χ3n) is 2.41. The average molecular weight is 310 g/mol. The van der Waals surface area contributed by atoms with E-state index in [1.54, 1.807) is 12.1 Å². The lowest BCUT2D eigenvalue weighted by Crippen LogP contribution is -2.22. The van der Waals surface area contributed by atoms with E-state index in [0.29, 0.717) is 16.9 Å². The highest BCUT2D eigenvalue weighted by Gasteiger charge is 2.17. The molecule has 5 nitrogen and oxygen atoms in total. The predicted molar refractivity (Wildman–Crippen MR) is 73.8 cm³/mol. The Morgan fingerprint density at radius 3 is 2.61 bits per heavy atom. The number of benzene rings is 1. The quantitative estimate of drug-likeness (QED) is 0.882. The van der Waals surface area contributed by atoms with Crippen LogP contribution in [0.3, 0.4) is 0 Å². The van der Waals surface area contributed by atoms with Crippen LogP contribution in [0.4, 0.5) is 0 Å². The Hall–Kier alpha value is -0.820. The number of aromatic nitrogens is 2. The number of imidazole rings is 1. The largest absolute Gasteiger partial charge is 0.341 e. The summed E-state index contributed by atoms with van der Waals surface area (Å²) in [5.41, 5.74) is 1.38. The molecule has 0 spiro atoms. The van der Waals surface area contributed by atoms with E-state index in [2.05, 4.69) is 9.97 Å². The minimum Gasteiger partial charge on any atom is -0.341 e. The number of hydrogen-bond acceptors (Lipinski definition) is 3. The molecule has 0 atom stereocenters. The Kier molecular flexibility index (Phi) is 4.61. The average Bonchev–Trinajstić information content (AvgIpc) is 2.70. The highest BCUT2D eigenvalue weighted by atomic mass is 35.5. The van der Waals surface area contributed by atoms with Crippen LogP contribution < -0.4 is 0 Å².